The van der Waals surface area contributed by atoms with Gasteiger partial charge in [-0.25, -0.2) is 0 Å². The van der Waals surface area contributed by atoms with Crippen molar-refractivity contribution in [1.29, 1.82) is 0 Å². The van der Waals surface area contributed by atoms with E-state index in [4.69, 9.17) is 5.11 Å². The second-order valence-corrected chi connectivity index (χ2v) is 4.84. The monoisotopic (exact) mass is 276 g/mol. The van der Waals surface area contributed by atoms with Crippen LogP contribution in [0.3, 0.4) is 0 Å². The first kappa shape index (κ1) is 14.0. The molecule has 6 heteroatoms. The highest BCUT2D eigenvalue weighted by Crippen LogP contribution is 2.21. The molecule has 1 atom stereocenters. The van der Waals surface area contributed by atoms with E-state index in [1.54, 1.807) is 24.3 Å². The van der Waals surface area contributed by atoms with Gasteiger partial charge in [0.15, 0.2) is 0 Å². The maximum atomic E-state index is 12.0. The van der Waals surface area contributed by atoms with Crippen LogP contribution in [0.25, 0.3) is 0 Å². The summed E-state index contributed by atoms with van der Waals surface area (Å²) in [5.74, 6) is -3.28. The molecule has 1 aliphatic carbocycles. The van der Waals surface area contributed by atoms with Gasteiger partial charge in [-0.15, -0.1) is 0 Å². The number of para-hydroxylation sites is 1. The Hall–Kier alpha value is -2.37. The summed E-state index contributed by atoms with van der Waals surface area (Å²) < 4.78 is 0. The van der Waals surface area contributed by atoms with Crippen molar-refractivity contribution in [3.05, 3.63) is 29.8 Å². The van der Waals surface area contributed by atoms with Crippen LogP contribution < -0.4 is 10.6 Å². The molecule has 1 saturated carbocycles. The Balaban J connectivity index is 2.12. The van der Waals surface area contributed by atoms with Crippen molar-refractivity contribution in [3.63, 3.8) is 0 Å². The molecular formula is C14H16N2O4. The molecule has 2 amide bonds. The van der Waals surface area contributed by atoms with E-state index >= 15 is 0 Å². The molecule has 0 bridgehead atoms. The molecule has 1 aliphatic rings. The fourth-order valence-corrected chi connectivity index (χ4v) is 1.63. The van der Waals surface area contributed by atoms with Crippen LogP contribution in [0, 0.1) is 5.92 Å². The first-order chi connectivity index (χ1) is 9.49. The second kappa shape index (κ2) is 5.73. The molecule has 6 nitrogen and oxygen atoms in total. The van der Waals surface area contributed by atoms with Crippen LogP contribution in [0.2, 0.25) is 0 Å². The summed E-state index contributed by atoms with van der Waals surface area (Å²) in [4.78, 5) is 34.5. The van der Waals surface area contributed by atoms with Crippen LogP contribution in [-0.2, 0) is 9.59 Å². The fourth-order valence-electron chi connectivity index (χ4n) is 1.63. The number of hydrogen-bond acceptors (Lipinski definition) is 3. The Bertz CT molecular complexity index is 552. The van der Waals surface area contributed by atoms with E-state index in [0.717, 1.165) is 12.8 Å². The molecule has 1 unspecified atom stereocenters. The Kier molecular flexibility index (Phi) is 4.02. The zero-order chi connectivity index (χ0) is 14.7. The van der Waals surface area contributed by atoms with Crippen LogP contribution in [-0.4, -0.2) is 28.9 Å². The number of carbonyl (C=O) groups excluding carboxylic acids is 2. The van der Waals surface area contributed by atoms with Crippen LogP contribution >= 0.6 is 0 Å². The van der Waals surface area contributed by atoms with Gasteiger partial charge in [0.05, 0.1) is 11.3 Å². The molecule has 0 saturated heterocycles. The van der Waals surface area contributed by atoms with Gasteiger partial charge < -0.3 is 15.7 Å². The van der Waals surface area contributed by atoms with Gasteiger partial charge in [-0.1, -0.05) is 12.1 Å². The molecule has 2 rings (SSSR count). The summed E-state index contributed by atoms with van der Waals surface area (Å²) in [7, 11) is 0. The number of hydrogen-bond donors (Lipinski definition) is 3. The van der Waals surface area contributed by atoms with Crippen LogP contribution in [0.1, 0.15) is 30.1 Å². The van der Waals surface area contributed by atoms with Crippen LogP contribution in [0.5, 0.6) is 0 Å². The number of nitrogens with one attached hydrogen (secondary N) is 2. The third-order valence-electron chi connectivity index (χ3n) is 3.11. The average molecular weight is 276 g/mol. The normalized spacial score (nSPS) is 15.2. The van der Waals surface area contributed by atoms with E-state index in [1.807, 2.05) is 0 Å². The number of amides is 2. The number of rotatable bonds is 5. The smallest absolute Gasteiger partial charge is 0.315 e. The van der Waals surface area contributed by atoms with Gasteiger partial charge >= 0.3 is 5.97 Å². The standard InChI is InChI=1S/C14H16N2O4/c1-8(14(19)20)12(17)16-11-5-3-2-4-10(11)13(18)15-9-6-7-9/h2-5,8-9H,6-7H2,1H3,(H,15,18)(H,16,17)(H,19,20). The number of carbonyl (C=O) groups is 3. The Morgan fingerprint density at radius 3 is 2.50 bits per heavy atom. The lowest BCUT2D eigenvalue weighted by Gasteiger charge is -2.12. The van der Waals surface area contributed by atoms with Crippen molar-refractivity contribution in [2.24, 2.45) is 5.92 Å². The van der Waals surface area contributed by atoms with E-state index in [1.165, 1.54) is 6.92 Å². The zero-order valence-electron chi connectivity index (χ0n) is 11.1. The molecule has 106 valence electrons. The summed E-state index contributed by atoms with van der Waals surface area (Å²) in [5.41, 5.74) is 0.661. The molecule has 0 radical (unpaired) electrons. The highest BCUT2D eigenvalue weighted by atomic mass is 16.4. The molecule has 0 heterocycles. The summed E-state index contributed by atoms with van der Waals surface area (Å²) >= 11 is 0. The first-order valence-electron chi connectivity index (χ1n) is 6.42. The first-order valence-corrected chi connectivity index (χ1v) is 6.42. The van der Waals surface area contributed by atoms with Gasteiger partial charge in [0.2, 0.25) is 5.91 Å². The minimum absolute atomic E-state index is 0.212. The molecule has 20 heavy (non-hydrogen) atoms. The molecule has 3 N–H and O–H groups in total. The van der Waals surface area contributed by atoms with Crippen LogP contribution in [0.4, 0.5) is 5.69 Å². The molecule has 1 aromatic rings. The number of carboxylic acid groups (broad SMARTS) is 1. The highest BCUT2D eigenvalue weighted by Gasteiger charge is 2.26. The predicted molar refractivity (Wildman–Crippen MR) is 72.4 cm³/mol. The Labute approximate surface area is 116 Å². The maximum Gasteiger partial charge on any atom is 0.315 e. The average Bonchev–Trinajstić information content (AvgIpc) is 3.22. The molecule has 0 aliphatic heterocycles. The van der Waals surface area contributed by atoms with Crippen molar-refractivity contribution in [2.45, 2.75) is 25.8 Å². The van der Waals surface area contributed by atoms with E-state index in [9.17, 15) is 14.4 Å². The maximum absolute atomic E-state index is 12.0. The summed E-state index contributed by atoms with van der Waals surface area (Å²) in [6.45, 7) is 1.30. The molecule has 1 fully saturated rings. The van der Waals surface area contributed by atoms with Crippen molar-refractivity contribution < 1.29 is 19.5 Å². The van der Waals surface area contributed by atoms with Gasteiger partial charge in [-0.3, -0.25) is 14.4 Å². The summed E-state index contributed by atoms with van der Waals surface area (Å²) in [6, 6.07) is 6.75. The van der Waals surface area contributed by atoms with Crippen molar-refractivity contribution in [2.75, 3.05) is 5.32 Å². The van der Waals surface area contributed by atoms with E-state index in [0.29, 0.717) is 11.3 Å². The summed E-state index contributed by atoms with van der Waals surface area (Å²) in [6.07, 6.45) is 1.94. The fraction of sp³-hybridized carbons (Fsp3) is 0.357. The third-order valence-corrected chi connectivity index (χ3v) is 3.11. The van der Waals surface area contributed by atoms with Crippen molar-refractivity contribution in [1.82, 2.24) is 5.32 Å². The quantitative estimate of drug-likeness (QED) is 0.705. The van der Waals surface area contributed by atoms with Gasteiger partial charge in [-0.05, 0) is 31.9 Å². The zero-order valence-corrected chi connectivity index (χ0v) is 11.1. The number of benzene rings is 1. The lowest BCUT2D eigenvalue weighted by atomic mass is 10.1. The van der Waals surface area contributed by atoms with Gasteiger partial charge in [0, 0.05) is 6.04 Å². The van der Waals surface area contributed by atoms with E-state index in [2.05, 4.69) is 10.6 Å². The summed E-state index contributed by atoms with van der Waals surface area (Å²) in [5, 5.41) is 14.1. The van der Waals surface area contributed by atoms with E-state index < -0.39 is 17.8 Å². The number of carboxylic acids is 1. The van der Waals surface area contributed by atoms with E-state index in [-0.39, 0.29) is 11.9 Å². The van der Waals surface area contributed by atoms with Gasteiger partial charge in [-0.2, -0.15) is 0 Å². The highest BCUT2D eigenvalue weighted by molar-refractivity contribution is 6.08. The molecule has 0 aromatic heterocycles. The number of anilines is 1. The SMILES string of the molecule is CC(C(=O)O)C(=O)Nc1ccccc1C(=O)NC1CC1. The number of aliphatic carboxylic acids is 1. The second-order valence-electron chi connectivity index (χ2n) is 4.84. The molecule has 0 spiro atoms. The van der Waals surface area contributed by atoms with Gasteiger partial charge in [0.1, 0.15) is 5.92 Å². The lowest BCUT2D eigenvalue weighted by Crippen LogP contribution is -2.30. The van der Waals surface area contributed by atoms with Crippen molar-refractivity contribution in [3.8, 4) is 0 Å². The lowest BCUT2D eigenvalue weighted by molar-refractivity contribution is -0.144. The molecule has 1 aromatic carbocycles. The van der Waals surface area contributed by atoms with Gasteiger partial charge in [0.25, 0.3) is 5.91 Å². The minimum atomic E-state index is -1.21. The largest absolute Gasteiger partial charge is 0.481 e. The Morgan fingerprint density at radius 2 is 1.90 bits per heavy atom. The van der Waals surface area contributed by atoms with Crippen LogP contribution in [0.15, 0.2) is 24.3 Å². The third kappa shape index (κ3) is 3.34. The Morgan fingerprint density at radius 1 is 1.25 bits per heavy atom. The topological polar surface area (TPSA) is 95.5 Å². The predicted octanol–water partition coefficient (Wildman–Crippen LogP) is 1.24. The molecular weight excluding hydrogens is 260 g/mol. The van der Waals surface area contributed by atoms with Crippen molar-refractivity contribution >= 4 is 23.5 Å². The minimum Gasteiger partial charge on any atom is -0.481 e.